The van der Waals surface area contributed by atoms with Crippen LogP contribution in [0.3, 0.4) is 0 Å². The van der Waals surface area contributed by atoms with Crippen LogP contribution in [-0.4, -0.2) is 38.3 Å². The van der Waals surface area contributed by atoms with E-state index in [-0.39, 0.29) is 6.04 Å². The minimum absolute atomic E-state index is 0.133. The standard InChI is InChI=1S/C18H30N2O/c1-14-9-15(2)11-17(10-14)18(19)6-7-20(3)12-16-5-4-8-21-13-16/h9-11,16,18H,4-8,12-13,19H2,1-3H3. The lowest BCUT2D eigenvalue weighted by Crippen LogP contribution is -2.32. The van der Waals surface area contributed by atoms with Gasteiger partial charge >= 0.3 is 0 Å². The van der Waals surface area contributed by atoms with Crippen LogP contribution in [0.15, 0.2) is 18.2 Å². The molecule has 0 spiro atoms. The van der Waals surface area contributed by atoms with Crippen LogP contribution in [0.2, 0.25) is 0 Å². The van der Waals surface area contributed by atoms with E-state index < -0.39 is 0 Å². The molecule has 2 N–H and O–H groups in total. The first-order valence-corrected chi connectivity index (χ1v) is 8.14. The van der Waals surface area contributed by atoms with E-state index in [0.717, 1.165) is 32.7 Å². The number of ether oxygens (including phenoxy) is 1. The third-order valence-electron chi connectivity index (χ3n) is 4.32. The normalized spacial score (nSPS) is 20.7. The van der Waals surface area contributed by atoms with Gasteiger partial charge in [-0.15, -0.1) is 0 Å². The van der Waals surface area contributed by atoms with Crippen LogP contribution in [0.4, 0.5) is 0 Å². The lowest BCUT2D eigenvalue weighted by atomic mass is 9.99. The Morgan fingerprint density at radius 1 is 1.29 bits per heavy atom. The molecule has 2 unspecified atom stereocenters. The molecule has 1 aromatic carbocycles. The van der Waals surface area contributed by atoms with Crippen LogP contribution >= 0.6 is 0 Å². The number of hydrogen-bond acceptors (Lipinski definition) is 3. The molecule has 3 nitrogen and oxygen atoms in total. The smallest absolute Gasteiger partial charge is 0.0506 e. The largest absolute Gasteiger partial charge is 0.381 e. The zero-order chi connectivity index (χ0) is 15.2. The highest BCUT2D eigenvalue weighted by Crippen LogP contribution is 2.19. The zero-order valence-electron chi connectivity index (χ0n) is 13.8. The summed E-state index contributed by atoms with van der Waals surface area (Å²) < 4.78 is 5.55. The molecule has 2 rings (SSSR count). The number of rotatable bonds is 6. The van der Waals surface area contributed by atoms with Gasteiger partial charge in [-0.1, -0.05) is 29.3 Å². The lowest BCUT2D eigenvalue weighted by molar-refractivity contribution is 0.0417. The Bertz CT molecular complexity index is 421. The Kier molecular flexibility index (Phi) is 6.22. The number of nitrogens with two attached hydrogens (primary N) is 1. The summed E-state index contributed by atoms with van der Waals surface area (Å²) in [5, 5.41) is 0. The van der Waals surface area contributed by atoms with E-state index in [0.29, 0.717) is 5.92 Å². The van der Waals surface area contributed by atoms with Gasteiger partial charge in [-0.3, -0.25) is 0 Å². The summed E-state index contributed by atoms with van der Waals surface area (Å²) in [7, 11) is 2.20. The second kappa shape index (κ2) is 7.92. The fourth-order valence-corrected chi connectivity index (χ4v) is 3.23. The summed E-state index contributed by atoms with van der Waals surface area (Å²) in [5.74, 6) is 0.696. The molecule has 1 aromatic rings. The predicted octanol–water partition coefficient (Wildman–Crippen LogP) is 3.05. The fourth-order valence-electron chi connectivity index (χ4n) is 3.23. The van der Waals surface area contributed by atoms with Gasteiger partial charge in [0.2, 0.25) is 0 Å². The van der Waals surface area contributed by atoms with Crippen LogP contribution in [0.5, 0.6) is 0 Å². The van der Waals surface area contributed by atoms with Gasteiger partial charge in [0.25, 0.3) is 0 Å². The summed E-state index contributed by atoms with van der Waals surface area (Å²) in [6.07, 6.45) is 3.51. The van der Waals surface area contributed by atoms with Crippen LogP contribution in [0, 0.1) is 19.8 Å². The summed E-state index contributed by atoms with van der Waals surface area (Å²) in [5.41, 5.74) is 10.2. The molecule has 2 atom stereocenters. The Hall–Kier alpha value is -0.900. The first-order chi connectivity index (χ1) is 10.0. The molecule has 0 aliphatic carbocycles. The molecule has 0 bridgehead atoms. The maximum atomic E-state index is 6.36. The van der Waals surface area contributed by atoms with Crippen molar-refractivity contribution in [2.75, 3.05) is 33.4 Å². The molecule has 0 amide bonds. The Labute approximate surface area is 129 Å². The van der Waals surface area contributed by atoms with Gasteiger partial charge < -0.3 is 15.4 Å². The maximum absolute atomic E-state index is 6.36. The van der Waals surface area contributed by atoms with Crippen molar-refractivity contribution in [2.24, 2.45) is 11.7 Å². The monoisotopic (exact) mass is 290 g/mol. The van der Waals surface area contributed by atoms with Gasteiger partial charge in [-0.2, -0.15) is 0 Å². The molecule has 21 heavy (non-hydrogen) atoms. The summed E-state index contributed by atoms with van der Waals surface area (Å²) in [4.78, 5) is 2.40. The molecule has 1 heterocycles. The van der Waals surface area contributed by atoms with Gasteiger partial charge in [0.1, 0.15) is 0 Å². The maximum Gasteiger partial charge on any atom is 0.0506 e. The number of benzene rings is 1. The third-order valence-corrected chi connectivity index (χ3v) is 4.32. The molecular weight excluding hydrogens is 260 g/mol. The molecule has 1 aliphatic rings. The van der Waals surface area contributed by atoms with Crippen molar-refractivity contribution >= 4 is 0 Å². The highest BCUT2D eigenvalue weighted by atomic mass is 16.5. The average molecular weight is 290 g/mol. The Balaban J connectivity index is 1.78. The topological polar surface area (TPSA) is 38.5 Å². The second-order valence-electron chi connectivity index (χ2n) is 6.66. The minimum atomic E-state index is 0.133. The quantitative estimate of drug-likeness (QED) is 0.875. The van der Waals surface area contributed by atoms with Gasteiger partial charge in [-0.05, 0) is 58.2 Å². The SMILES string of the molecule is Cc1cc(C)cc(C(N)CCN(C)CC2CCCOC2)c1. The molecule has 0 saturated carbocycles. The first kappa shape index (κ1) is 16.5. The van der Waals surface area contributed by atoms with Crippen molar-refractivity contribution in [3.63, 3.8) is 0 Å². The zero-order valence-corrected chi connectivity index (χ0v) is 13.8. The van der Waals surface area contributed by atoms with E-state index in [2.05, 4.69) is 44.0 Å². The van der Waals surface area contributed by atoms with Crippen molar-refractivity contribution in [2.45, 2.75) is 39.2 Å². The highest BCUT2D eigenvalue weighted by Gasteiger charge is 2.16. The van der Waals surface area contributed by atoms with Crippen molar-refractivity contribution in [1.82, 2.24) is 4.90 Å². The van der Waals surface area contributed by atoms with E-state index in [1.165, 1.54) is 29.5 Å². The van der Waals surface area contributed by atoms with Gasteiger partial charge in [0.15, 0.2) is 0 Å². The first-order valence-electron chi connectivity index (χ1n) is 8.14. The molecule has 118 valence electrons. The molecule has 0 aromatic heterocycles. The highest BCUT2D eigenvalue weighted by molar-refractivity contribution is 5.30. The third kappa shape index (κ3) is 5.42. The molecule has 1 fully saturated rings. The Morgan fingerprint density at radius 2 is 2.00 bits per heavy atom. The molecule has 1 saturated heterocycles. The number of aryl methyl sites for hydroxylation is 2. The second-order valence-corrected chi connectivity index (χ2v) is 6.66. The summed E-state index contributed by atoms with van der Waals surface area (Å²) in [6.45, 7) is 8.31. The van der Waals surface area contributed by atoms with Crippen molar-refractivity contribution < 1.29 is 4.74 Å². The van der Waals surface area contributed by atoms with E-state index in [1.54, 1.807) is 0 Å². The number of nitrogens with zero attached hydrogens (tertiary/aromatic N) is 1. The average Bonchev–Trinajstić information content (AvgIpc) is 2.45. The van der Waals surface area contributed by atoms with Gasteiger partial charge in [0.05, 0.1) is 6.61 Å². The van der Waals surface area contributed by atoms with Gasteiger partial charge in [-0.25, -0.2) is 0 Å². The minimum Gasteiger partial charge on any atom is -0.381 e. The molecule has 0 radical (unpaired) electrons. The van der Waals surface area contributed by atoms with Crippen molar-refractivity contribution in [3.05, 3.63) is 34.9 Å². The van der Waals surface area contributed by atoms with E-state index >= 15 is 0 Å². The lowest BCUT2D eigenvalue weighted by Gasteiger charge is -2.27. The summed E-state index contributed by atoms with van der Waals surface area (Å²) in [6, 6.07) is 6.76. The molecule has 3 heteroatoms. The van der Waals surface area contributed by atoms with Crippen LogP contribution in [-0.2, 0) is 4.74 Å². The number of hydrogen-bond donors (Lipinski definition) is 1. The molecule has 1 aliphatic heterocycles. The van der Waals surface area contributed by atoms with Crippen LogP contribution in [0.1, 0.15) is 42.0 Å². The van der Waals surface area contributed by atoms with E-state index in [1.807, 2.05) is 0 Å². The van der Waals surface area contributed by atoms with Crippen molar-refractivity contribution in [3.8, 4) is 0 Å². The summed E-state index contributed by atoms with van der Waals surface area (Å²) >= 11 is 0. The van der Waals surface area contributed by atoms with Crippen LogP contribution < -0.4 is 5.73 Å². The molecular formula is C18H30N2O. The van der Waals surface area contributed by atoms with Gasteiger partial charge in [0, 0.05) is 19.2 Å². The fraction of sp³-hybridized carbons (Fsp3) is 0.667. The van der Waals surface area contributed by atoms with E-state index in [4.69, 9.17) is 10.5 Å². The van der Waals surface area contributed by atoms with E-state index in [9.17, 15) is 0 Å². The Morgan fingerprint density at radius 3 is 2.62 bits per heavy atom. The van der Waals surface area contributed by atoms with Crippen molar-refractivity contribution in [1.29, 1.82) is 0 Å². The van der Waals surface area contributed by atoms with Crippen LogP contribution in [0.25, 0.3) is 0 Å². The predicted molar refractivity (Wildman–Crippen MR) is 88.5 cm³/mol.